The minimum absolute atomic E-state index is 0.579. The Labute approximate surface area is 98.3 Å². The number of benzene rings is 1. The topological polar surface area (TPSA) is 32.7 Å². The zero-order valence-corrected chi connectivity index (χ0v) is 9.88. The van der Waals surface area contributed by atoms with Crippen LogP contribution in [0.25, 0.3) is 0 Å². The summed E-state index contributed by atoms with van der Waals surface area (Å²) in [6.07, 6.45) is 1.36. The average molecular weight is 245 g/mol. The quantitative estimate of drug-likeness (QED) is 0.339. The second kappa shape index (κ2) is 5.14. The predicted molar refractivity (Wildman–Crippen MR) is 63.4 cm³/mol. The van der Waals surface area contributed by atoms with E-state index in [4.69, 9.17) is 23.2 Å². The average Bonchev–Trinajstić information content (AvgIpc) is 2.19. The Morgan fingerprint density at radius 3 is 2.73 bits per heavy atom. The maximum atomic E-state index is 10.7. The van der Waals surface area contributed by atoms with Crippen LogP contribution < -0.4 is 0 Å². The van der Waals surface area contributed by atoms with E-state index in [1.54, 1.807) is 12.1 Å². The van der Waals surface area contributed by atoms with E-state index in [-0.39, 0.29) is 0 Å². The van der Waals surface area contributed by atoms with Crippen molar-refractivity contribution >= 4 is 40.6 Å². The molecule has 0 aromatic heterocycles. The summed E-state index contributed by atoms with van der Waals surface area (Å²) in [4.78, 5) is 15.9. The summed E-state index contributed by atoms with van der Waals surface area (Å²) < 4.78 is 0. The molecule has 0 N–H and O–H groups in total. The lowest BCUT2D eigenvalue weighted by molar-refractivity contribution is 0.248. The van der Waals surface area contributed by atoms with Gasteiger partial charge >= 0.3 is 5.37 Å². The second-order valence-corrected chi connectivity index (χ2v) is 3.77. The van der Waals surface area contributed by atoms with Crippen molar-refractivity contribution in [3.05, 3.63) is 28.8 Å². The summed E-state index contributed by atoms with van der Waals surface area (Å²) in [5.74, 6) is 0. The minimum atomic E-state index is -0.579. The van der Waals surface area contributed by atoms with E-state index in [0.717, 1.165) is 11.3 Å². The molecule has 0 bridgehead atoms. The SMILES string of the molecule is Cc1cc(N=CN(C)C(=O)Cl)ccc1Cl. The number of hydrogen-bond donors (Lipinski definition) is 0. The summed E-state index contributed by atoms with van der Waals surface area (Å²) in [5, 5.41) is 0.111. The third kappa shape index (κ3) is 3.53. The van der Waals surface area contributed by atoms with Gasteiger partial charge in [-0.15, -0.1) is 0 Å². The molecule has 0 aliphatic rings. The lowest BCUT2D eigenvalue weighted by atomic mass is 10.2. The van der Waals surface area contributed by atoms with Gasteiger partial charge in [0.05, 0.1) is 12.0 Å². The number of nitrogens with zero attached hydrogens (tertiary/aromatic N) is 2. The van der Waals surface area contributed by atoms with Gasteiger partial charge in [-0.2, -0.15) is 0 Å². The highest BCUT2D eigenvalue weighted by atomic mass is 35.5. The zero-order valence-electron chi connectivity index (χ0n) is 8.37. The van der Waals surface area contributed by atoms with Gasteiger partial charge in [-0.3, -0.25) is 9.69 Å². The van der Waals surface area contributed by atoms with Gasteiger partial charge in [-0.05, 0) is 42.3 Å². The molecule has 1 aromatic carbocycles. The van der Waals surface area contributed by atoms with Gasteiger partial charge in [0.2, 0.25) is 0 Å². The van der Waals surface area contributed by atoms with E-state index in [9.17, 15) is 4.79 Å². The van der Waals surface area contributed by atoms with Gasteiger partial charge in [0, 0.05) is 12.1 Å². The number of aliphatic imine (C=N–C) groups is 1. The number of amides is 1. The van der Waals surface area contributed by atoms with Gasteiger partial charge < -0.3 is 0 Å². The molecule has 1 amide bonds. The highest BCUT2D eigenvalue weighted by Crippen LogP contribution is 2.21. The molecule has 15 heavy (non-hydrogen) atoms. The van der Waals surface area contributed by atoms with Gasteiger partial charge in [0.25, 0.3) is 0 Å². The summed E-state index contributed by atoms with van der Waals surface area (Å²) in [6, 6.07) is 5.34. The third-order valence-electron chi connectivity index (χ3n) is 1.80. The minimum Gasteiger partial charge on any atom is -0.292 e. The summed E-state index contributed by atoms with van der Waals surface area (Å²) in [7, 11) is 1.53. The van der Waals surface area contributed by atoms with Gasteiger partial charge in [0.1, 0.15) is 0 Å². The maximum Gasteiger partial charge on any atom is 0.321 e. The number of rotatable bonds is 2. The fourth-order valence-corrected chi connectivity index (χ4v) is 1.07. The molecule has 0 saturated heterocycles. The molecule has 1 aromatic rings. The molecule has 3 nitrogen and oxygen atoms in total. The van der Waals surface area contributed by atoms with E-state index in [2.05, 4.69) is 4.99 Å². The van der Waals surface area contributed by atoms with Crippen molar-refractivity contribution in [2.45, 2.75) is 6.92 Å². The molecule has 0 atom stereocenters. The fraction of sp³-hybridized carbons (Fsp3) is 0.200. The molecule has 0 radical (unpaired) electrons. The van der Waals surface area contributed by atoms with Crippen molar-refractivity contribution in [1.29, 1.82) is 0 Å². The van der Waals surface area contributed by atoms with Crippen molar-refractivity contribution in [2.75, 3.05) is 7.05 Å². The van der Waals surface area contributed by atoms with Crippen LogP contribution in [0.1, 0.15) is 5.56 Å². The molecule has 0 aliphatic heterocycles. The highest BCUT2D eigenvalue weighted by molar-refractivity contribution is 6.63. The first-order chi connectivity index (χ1) is 7.00. The molecule has 0 unspecified atom stereocenters. The Bertz CT molecular complexity index is 404. The number of halogens is 2. The van der Waals surface area contributed by atoms with Crippen molar-refractivity contribution in [3.63, 3.8) is 0 Å². The van der Waals surface area contributed by atoms with Crippen LogP contribution in [0.4, 0.5) is 10.5 Å². The molecular formula is C10H10Cl2N2O. The Kier molecular flexibility index (Phi) is 4.12. The van der Waals surface area contributed by atoms with Crippen molar-refractivity contribution in [3.8, 4) is 0 Å². The number of carbonyl (C=O) groups is 1. The van der Waals surface area contributed by atoms with Crippen molar-refractivity contribution in [1.82, 2.24) is 4.90 Å². The Morgan fingerprint density at radius 1 is 1.53 bits per heavy atom. The fourth-order valence-electron chi connectivity index (χ4n) is 0.908. The number of aryl methyl sites for hydroxylation is 1. The van der Waals surface area contributed by atoms with Crippen LogP contribution in [0.5, 0.6) is 0 Å². The molecular weight excluding hydrogens is 235 g/mol. The largest absolute Gasteiger partial charge is 0.321 e. The smallest absolute Gasteiger partial charge is 0.292 e. The Morgan fingerprint density at radius 2 is 2.20 bits per heavy atom. The second-order valence-electron chi connectivity index (χ2n) is 3.04. The number of hydrogen-bond acceptors (Lipinski definition) is 2. The van der Waals surface area contributed by atoms with E-state index < -0.39 is 5.37 Å². The first-order valence-corrected chi connectivity index (χ1v) is 4.99. The maximum absolute atomic E-state index is 10.7. The summed E-state index contributed by atoms with van der Waals surface area (Å²) >= 11 is 11.1. The first-order valence-electron chi connectivity index (χ1n) is 4.23. The van der Waals surface area contributed by atoms with Crippen LogP contribution in [-0.4, -0.2) is 23.7 Å². The van der Waals surface area contributed by atoms with Crippen LogP contribution in [0.2, 0.25) is 5.02 Å². The molecule has 5 heteroatoms. The monoisotopic (exact) mass is 244 g/mol. The normalized spacial score (nSPS) is 10.7. The molecule has 0 heterocycles. The molecule has 1 rings (SSSR count). The summed E-state index contributed by atoms with van der Waals surface area (Å²) in [5.41, 5.74) is 1.66. The molecule has 0 fully saturated rings. The zero-order chi connectivity index (χ0) is 11.4. The van der Waals surface area contributed by atoms with Crippen LogP contribution in [0, 0.1) is 6.92 Å². The first kappa shape index (κ1) is 12.0. The molecule has 0 aliphatic carbocycles. The number of carbonyl (C=O) groups excluding carboxylic acids is 1. The molecule has 0 saturated carbocycles. The van der Waals surface area contributed by atoms with Crippen molar-refractivity contribution in [2.24, 2.45) is 4.99 Å². The Balaban J connectivity index is 2.81. The van der Waals surface area contributed by atoms with Gasteiger partial charge in [0.15, 0.2) is 0 Å². The van der Waals surface area contributed by atoms with E-state index in [1.807, 2.05) is 13.0 Å². The van der Waals surface area contributed by atoms with Gasteiger partial charge in [-0.1, -0.05) is 11.6 Å². The van der Waals surface area contributed by atoms with Crippen LogP contribution in [0.15, 0.2) is 23.2 Å². The predicted octanol–water partition coefficient (Wildman–Crippen LogP) is 3.60. The van der Waals surface area contributed by atoms with E-state index in [0.29, 0.717) is 5.02 Å². The lowest BCUT2D eigenvalue weighted by Gasteiger charge is -2.05. The van der Waals surface area contributed by atoms with E-state index >= 15 is 0 Å². The summed E-state index contributed by atoms with van der Waals surface area (Å²) in [6.45, 7) is 1.89. The third-order valence-corrected chi connectivity index (χ3v) is 2.49. The Hall–Kier alpha value is -1.06. The molecule has 0 spiro atoms. The van der Waals surface area contributed by atoms with E-state index in [1.165, 1.54) is 18.3 Å². The lowest BCUT2D eigenvalue weighted by Crippen LogP contribution is -2.17. The van der Waals surface area contributed by atoms with Crippen LogP contribution >= 0.6 is 23.2 Å². The highest BCUT2D eigenvalue weighted by Gasteiger charge is 2.00. The van der Waals surface area contributed by atoms with Crippen LogP contribution in [0.3, 0.4) is 0 Å². The van der Waals surface area contributed by atoms with Crippen molar-refractivity contribution < 1.29 is 4.79 Å². The van der Waals surface area contributed by atoms with Gasteiger partial charge in [-0.25, -0.2) is 4.99 Å². The molecule has 80 valence electrons. The standard InChI is InChI=1S/C10H10Cl2N2O/c1-7-5-8(3-4-9(7)11)13-6-14(2)10(12)15/h3-6H,1-2H3. The van der Waals surface area contributed by atoms with Crippen LogP contribution in [-0.2, 0) is 0 Å².